The number of carbonyl (C=O) groups excluding carboxylic acids is 2. The first-order valence-corrected chi connectivity index (χ1v) is 11.7. The van der Waals surface area contributed by atoms with E-state index in [1.165, 1.54) is 19.3 Å². The Bertz CT molecular complexity index is 788. The maximum atomic E-state index is 13.7. The zero-order valence-corrected chi connectivity index (χ0v) is 18.0. The van der Waals surface area contributed by atoms with Crippen molar-refractivity contribution in [2.24, 2.45) is 23.2 Å². The minimum Gasteiger partial charge on any atom is -0.348 e. The molecular formula is C24H31ClN2O2. The lowest BCUT2D eigenvalue weighted by atomic mass is 9.49. The van der Waals surface area contributed by atoms with Crippen molar-refractivity contribution in [2.45, 2.75) is 70.4 Å². The number of nitrogens with one attached hydrogen (secondary N) is 1. The van der Waals surface area contributed by atoms with Crippen molar-refractivity contribution in [1.29, 1.82) is 0 Å². The third-order valence-corrected chi connectivity index (χ3v) is 8.25. The van der Waals surface area contributed by atoms with Gasteiger partial charge in [0.1, 0.15) is 6.04 Å². The van der Waals surface area contributed by atoms with Gasteiger partial charge in [-0.1, -0.05) is 23.7 Å². The lowest BCUT2D eigenvalue weighted by Crippen LogP contribution is -2.57. The molecule has 1 N–H and O–H groups in total. The van der Waals surface area contributed by atoms with E-state index >= 15 is 0 Å². The Balaban J connectivity index is 1.30. The summed E-state index contributed by atoms with van der Waals surface area (Å²) in [5.41, 5.74) is 0.818. The van der Waals surface area contributed by atoms with E-state index in [-0.39, 0.29) is 29.3 Å². The van der Waals surface area contributed by atoms with Crippen LogP contribution < -0.4 is 5.32 Å². The molecular weight excluding hydrogens is 384 g/mol. The molecule has 6 rings (SSSR count). The monoisotopic (exact) mass is 414 g/mol. The Morgan fingerprint density at radius 2 is 1.79 bits per heavy atom. The number of halogens is 1. The van der Waals surface area contributed by atoms with Crippen LogP contribution in [0, 0.1) is 23.2 Å². The van der Waals surface area contributed by atoms with Crippen molar-refractivity contribution in [1.82, 2.24) is 10.2 Å². The first-order valence-electron chi connectivity index (χ1n) is 11.3. The lowest BCUT2D eigenvalue weighted by molar-refractivity contribution is -0.160. The van der Waals surface area contributed by atoms with E-state index in [0.717, 1.165) is 62.0 Å². The predicted molar refractivity (Wildman–Crippen MR) is 113 cm³/mol. The summed E-state index contributed by atoms with van der Waals surface area (Å²) in [6.07, 6.45) is 8.84. The van der Waals surface area contributed by atoms with Crippen LogP contribution >= 0.6 is 11.6 Å². The summed E-state index contributed by atoms with van der Waals surface area (Å²) >= 11 is 6.10. The molecule has 1 heterocycles. The van der Waals surface area contributed by atoms with Crippen LogP contribution in [0.4, 0.5) is 0 Å². The Kier molecular flexibility index (Phi) is 4.89. The second-order valence-corrected chi connectivity index (χ2v) is 10.6. The van der Waals surface area contributed by atoms with Gasteiger partial charge in [0.15, 0.2) is 0 Å². The van der Waals surface area contributed by atoms with E-state index in [4.69, 9.17) is 11.6 Å². The zero-order chi connectivity index (χ0) is 20.2. The van der Waals surface area contributed by atoms with Gasteiger partial charge >= 0.3 is 0 Å². The summed E-state index contributed by atoms with van der Waals surface area (Å²) in [4.78, 5) is 28.8. The number of rotatable bonds is 4. The molecule has 1 aliphatic heterocycles. The molecule has 156 valence electrons. The Labute approximate surface area is 178 Å². The highest BCUT2D eigenvalue weighted by Crippen LogP contribution is 2.60. The average molecular weight is 415 g/mol. The topological polar surface area (TPSA) is 49.4 Å². The molecule has 5 heteroatoms. The van der Waals surface area contributed by atoms with Crippen LogP contribution in [0.15, 0.2) is 24.3 Å². The largest absolute Gasteiger partial charge is 0.348 e. The van der Waals surface area contributed by atoms with Gasteiger partial charge in [-0.2, -0.15) is 0 Å². The van der Waals surface area contributed by atoms with Crippen molar-refractivity contribution >= 4 is 23.4 Å². The number of benzene rings is 1. The molecule has 1 aromatic carbocycles. The number of hydrogen-bond donors (Lipinski definition) is 1. The highest BCUT2D eigenvalue weighted by Gasteiger charge is 2.56. The quantitative estimate of drug-likeness (QED) is 0.774. The van der Waals surface area contributed by atoms with E-state index in [1.54, 1.807) is 0 Å². The van der Waals surface area contributed by atoms with E-state index in [9.17, 15) is 9.59 Å². The van der Waals surface area contributed by atoms with Gasteiger partial charge in [-0.15, -0.1) is 0 Å². The van der Waals surface area contributed by atoms with Crippen LogP contribution in [0.25, 0.3) is 0 Å². The molecule has 5 fully saturated rings. The minimum absolute atomic E-state index is 0.0203. The molecule has 0 radical (unpaired) electrons. The lowest BCUT2D eigenvalue weighted by Gasteiger charge is -2.56. The van der Waals surface area contributed by atoms with Gasteiger partial charge in [-0.05, 0) is 93.7 Å². The van der Waals surface area contributed by atoms with Crippen LogP contribution in [0.2, 0.25) is 5.02 Å². The molecule has 0 spiro atoms. The molecule has 1 saturated heterocycles. The average Bonchev–Trinajstić information content (AvgIpc) is 3.16. The summed E-state index contributed by atoms with van der Waals surface area (Å²) in [5.74, 6) is 2.48. The number of likely N-dealkylation sites (tertiary alicyclic amines) is 1. The molecule has 0 aromatic heterocycles. The van der Waals surface area contributed by atoms with Gasteiger partial charge in [0.2, 0.25) is 11.8 Å². The smallest absolute Gasteiger partial charge is 0.243 e. The fraction of sp³-hybridized carbons (Fsp3) is 0.667. The van der Waals surface area contributed by atoms with Crippen LogP contribution in [0.3, 0.4) is 0 Å². The van der Waals surface area contributed by atoms with Gasteiger partial charge in [-0.25, -0.2) is 0 Å². The molecule has 4 aliphatic carbocycles. The molecule has 5 aliphatic rings. The standard InChI is InChI=1S/C24H31ClN2O2/c1-15(19-4-2-5-20(25)11-19)26-22(28)21-6-3-7-27(21)23(29)24-12-16-8-17(13-24)10-18(9-16)14-24/h2,4-5,11,15-18,21H,3,6-10,12-14H2,1H3,(H,26,28). The molecule has 2 unspecified atom stereocenters. The number of nitrogens with zero attached hydrogens (tertiary/aromatic N) is 1. The third-order valence-electron chi connectivity index (χ3n) is 8.02. The highest BCUT2D eigenvalue weighted by molar-refractivity contribution is 6.30. The molecule has 2 atom stereocenters. The van der Waals surface area contributed by atoms with Gasteiger partial charge in [0, 0.05) is 11.6 Å². The Morgan fingerprint density at radius 1 is 1.14 bits per heavy atom. The zero-order valence-electron chi connectivity index (χ0n) is 17.2. The molecule has 29 heavy (non-hydrogen) atoms. The first-order chi connectivity index (χ1) is 13.9. The second-order valence-electron chi connectivity index (χ2n) is 10.1. The predicted octanol–water partition coefficient (Wildman–Crippen LogP) is 4.72. The number of amides is 2. The Morgan fingerprint density at radius 3 is 2.41 bits per heavy atom. The third kappa shape index (κ3) is 3.48. The minimum atomic E-state index is -0.322. The van der Waals surface area contributed by atoms with Gasteiger partial charge < -0.3 is 10.2 Å². The van der Waals surface area contributed by atoms with E-state index in [1.807, 2.05) is 36.1 Å². The van der Waals surface area contributed by atoms with Crippen molar-refractivity contribution in [3.05, 3.63) is 34.9 Å². The Hall–Kier alpha value is -1.55. The van der Waals surface area contributed by atoms with E-state index in [0.29, 0.717) is 5.02 Å². The van der Waals surface area contributed by atoms with E-state index < -0.39 is 0 Å². The van der Waals surface area contributed by atoms with Crippen LogP contribution in [-0.2, 0) is 9.59 Å². The summed E-state index contributed by atoms with van der Waals surface area (Å²) in [6.45, 7) is 2.70. The van der Waals surface area contributed by atoms with Gasteiger partial charge in [0.25, 0.3) is 0 Å². The van der Waals surface area contributed by atoms with E-state index in [2.05, 4.69) is 5.32 Å². The van der Waals surface area contributed by atoms with Crippen LogP contribution in [-0.4, -0.2) is 29.3 Å². The van der Waals surface area contributed by atoms with Crippen LogP contribution in [0.5, 0.6) is 0 Å². The molecule has 4 saturated carbocycles. The summed E-state index contributed by atoms with van der Waals surface area (Å²) in [6, 6.07) is 7.15. The molecule has 1 aromatic rings. The SMILES string of the molecule is CC(NC(=O)C1CCCN1C(=O)C12CC3CC(CC(C3)C1)C2)c1cccc(Cl)c1. The normalized spacial score (nSPS) is 36.3. The first kappa shape index (κ1) is 19.4. The second kappa shape index (κ2) is 7.30. The number of hydrogen-bond acceptors (Lipinski definition) is 2. The summed E-state index contributed by atoms with van der Waals surface area (Å²) in [5, 5.41) is 3.80. The highest BCUT2D eigenvalue weighted by atomic mass is 35.5. The van der Waals surface area contributed by atoms with Gasteiger partial charge in [-0.3, -0.25) is 9.59 Å². The summed E-state index contributed by atoms with van der Waals surface area (Å²) < 4.78 is 0. The molecule has 2 amide bonds. The fourth-order valence-electron chi connectivity index (χ4n) is 7.13. The maximum Gasteiger partial charge on any atom is 0.243 e. The maximum absolute atomic E-state index is 13.7. The van der Waals surface area contributed by atoms with Crippen molar-refractivity contribution in [2.75, 3.05) is 6.54 Å². The molecule has 4 bridgehead atoms. The fourth-order valence-corrected chi connectivity index (χ4v) is 7.33. The number of carbonyl (C=O) groups is 2. The van der Waals surface area contributed by atoms with Crippen molar-refractivity contribution < 1.29 is 9.59 Å². The van der Waals surface area contributed by atoms with Crippen molar-refractivity contribution in [3.63, 3.8) is 0 Å². The van der Waals surface area contributed by atoms with Crippen LogP contribution in [0.1, 0.15) is 69.9 Å². The van der Waals surface area contributed by atoms with Gasteiger partial charge in [0.05, 0.1) is 11.5 Å². The van der Waals surface area contributed by atoms with Crippen molar-refractivity contribution in [3.8, 4) is 0 Å². The molecule has 4 nitrogen and oxygen atoms in total. The summed E-state index contributed by atoms with van der Waals surface area (Å²) in [7, 11) is 0.